The van der Waals surface area contributed by atoms with E-state index in [2.05, 4.69) is 6.07 Å². The highest BCUT2D eigenvalue weighted by Gasteiger charge is 2.22. The fourth-order valence-electron chi connectivity index (χ4n) is 3.02. The average Bonchev–Trinajstić information content (AvgIpc) is 3.02. The van der Waals surface area contributed by atoms with E-state index in [0.29, 0.717) is 16.9 Å². The monoisotopic (exact) mass is 357 g/mol. The second-order valence-corrected chi connectivity index (χ2v) is 6.41. The Kier molecular flexibility index (Phi) is 4.05. The lowest BCUT2D eigenvalue weighted by Crippen LogP contribution is -1.97. The molecular formula is C22H15NO4. The normalized spacial score (nSPS) is 15.1. The highest BCUT2D eigenvalue weighted by molar-refractivity contribution is 6.05. The Morgan fingerprint density at radius 3 is 2.41 bits per heavy atom. The molecule has 0 fully saturated rings. The molecule has 0 spiro atoms. The summed E-state index contributed by atoms with van der Waals surface area (Å²) in [5.74, 6) is 0.0583. The molecule has 5 heteroatoms. The molecule has 0 aromatic heterocycles. The molecule has 0 bridgehead atoms. The van der Waals surface area contributed by atoms with E-state index in [9.17, 15) is 14.9 Å². The molecule has 1 aliphatic rings. The maximum atomic E-state index is 12.2. The van der Waals surface area contributed by atoms with Crippen molar-refractivity contribution in [2.75, 3.05) is 0 Å². The smallest absolute Gasteiger partial charge is 0.343 e. The first-order chi connectivity index (χ1) is 13.0. The van der Waals surface area contributed by atoms with Crippen molar-refractivity contribution >= 4 is 34.3 Å². The Bertz CT molecular complexity index is 1140. The summed E-state index contributed by atoms with van der Waals surface area (Å²) in [7, 11) is 0. The van der Waals surface area contributed by atoms with Crippen LogP contribution in [0.2, 0.25) is 0 Å². The van der Waals surface area contributed by atoms with Gasteiger partial charge in [0, 0.05) is 17.7 Å². The molecule has 0 N–H and O–H groups in total. The number of hydrogen-bond donors (Lipinski definition) is 0. The number of rotatable bonds is 3. The molecule has 0 radical (unpaired) electrons. The maximum absolute atomic E-state index is 12.2. The largest absolute Gasteiger partial charge is 0.422 e. The van der Waals surface area contributed by atoms with Gasteiger partial charge in [-0.15, -0.1) is 0 Å². The molecule has 1 heterocycles. The van der Waals surface area contributed by atoms with Crippen LogP contribution in [0.3, 0.4) is 0 Å². The highest BCUT2D eigenvalue weighted by Crippen LogP contribution is 2.30. The maximum Gasteiger partial charge on any atom is 0.343 e. The molecule has 0 saturated heterocycles. The number of nitro benzene ring substituents is 1. The second-order valence-electron chi connectivity index (χ2n) is 6.41. The highest BCUT2D eigenvalue weighted by atomic mass is 16.6. The van der Waals surface area contributed by atoms with Gasteiger partial charge in [0.1, 0.15) is 5.76 Å². The van der Waals surface area contributed by atoms with Gasteiger partial charge in [-0.1, -0.05) is 35.9 Å². The predicted octanol–water partition coefficient (Wildman–Crippen LogP) is 5.04. The van der Waals surface area contributed by atoms with Gasteiger partial charge in [0.2, 0.25) is 0 Å². The zero-order valence-corrected chi connectivity index (χ0v) is 14.5. The summed E-state index contributed by atoms with van der Waals surface area (Å²) in [5, 5.41) is 12.9. The summed E-state index contributed by atoms with van der Waals surface area (Å²) in [6, 6.07) is 18.1. The first-order valence-corrected chi connectivity index (χ1v) is 8.40. The van der Waals surface area contributed by atoms with Crippen LogP contribution in [0.4, 0.5) is 5.69 Å². The lowest BCUT2D eigenvalue weighted by atomic mass is 10.0. The van der Waals surface area contributed by atoms with Gasteiger partial charge in [0.25, 0.3) is 5.69 Å². The van der Waals surface area contributed by atoms with E-state index in [1.165, 1.54) is 17.7 Å². The first kappa shape index (κ1) is 16.7. The van der Waals surface area contributed by atoms with E-state index in [1.807, 2.05) is 37.3 Å². The van der Waals surface area contributed by atoms with Crippen LogP contribution < -0.4 is 0 Å². The van der Waals surface area contributed by atoms with E-state index in [4.69, 9.17) is 4.74 Å². The molecule has 1 aliphatic heterocycles. The Morgan fingerprint density at radius 1 is 0.963 bits per heavy atom. The molecule has 3 aromatic carbocycles. The summed E-state index contributed by atoms with van der Waals surface area (Å²) in [6.07, 6.45) is 3.35. The number of nitro groups is 1. The van der Waals surface area contributed by atoms with Gasteiger partial charge >= 0.3 is 5.97 Å². The number of carbonyl (C=O) groups excluding carboxylic acids is 1. The van der Waals surface area contributed by atoms with Gasteiger partial charge in [0.15, 0.2) is 0 Å². The third-order valence-electron chi connectivity index (χ3n) is 4.43. The third-order valence-corrected chi connectivity index (χ3v) is 4.43. The number of hydrogen-bond acceptors (Lipinski definition) is 4. The molecule has 4 rings (SSSR count). The summed E-state index contributed by atoms with van der Waals surface area (Å²) in [5.41, 5.74) is 3.12. The van der Waals surface area contributed by atoms with Gasteiger partial charge in [-0.25, -0.2) is 4.79 Å². The molecule has 132 valence electrons. The summed E-state index contributed by atoms with van der Waals surface area (Å²) < 4.78 is 5.41. The zero-order valence-electron chi connectivity index (χ0n) is 14.5. The minimum absolute atomic E-state index is 0.00813. The van der Waals surface area contributed by atoms with E-state index in [1.54, 1.807) is 24.3 Å². The predicted molar refractivity (Wildman–Crippen MR) is 104 cm³/mol. The lowest BCUT2D eigenvalue weighted by Gasteiger charge is -2.05. The van der Waals surface area contributed by atoms with Crippen LogP contribution in [-0.2, 0) is 9.53 Å². The Labute approximate surface area is 155 Å². The zero-order chi connectivity index (χ0) is 19.0. The minimum atomic E-state index is -0.458. The van der Waals surface area contributed by atoms with Crippen molar-refractivity contribution in [1.29, 1.82) is 0 Å². The topological polar surface area (TPSA) is 69.4 Å². The van der Waals surface area contributed by atoms with Crippen molar-refractivity contribution < 1.29 is 14.5 Å². The van der Waals surface area contributed by atoms with Gasteiger partial charge in [-0.3, -0.25) is 10.1 Å². The Balaban J connectivity index is 1.66. The van der Waals surface area contributed by atoms with Crippen LogP contribution in [0, 0.1) is 17.0 Å². The second kappa shape index (κ2) is 6.53. The van der Waals surface area contributed by atoms with Crippen LogP contribution in [0.5, 0.6) is 0 Å². The number of benzene rings is 3. The number of aryl methyl sites for hydroxylation is 1. The van der Waals surface area contributed by atoms with Crippen molar-refractivity contribution in [3.63, 3.8) is 0 Å². The molecule has 0 atom stereocenters. The van der Waals surface area contributed by atoms with Crippen molar-refractivity contribution in [3.8, 4) is 0 Å². The van der Waals surface area contributed by atoms with Crippen LogP contribution in [-0.4, -0.2) is 10.9 Å². The summed E-state index contributed by atoms with van der Waals surface area (Å²) in [4.78, 5) is 22.5. The van der Waals surface area contributed by atoms with E-state index >= 15 is 0 Å². The summed E-state index contributed by atoms with van der Waals surface area (Å²) in [6.45, 7) is 2.05. The van der Waals surface area contributed by atoms with Crippen molar-refractivity contribution in [1.82, 2.24) is 0 Å². The molecular weight excluding hydrogens is 342 g/mol. The van der Waals surface area contributed by atoms with Crippen LogP contribution in [0.1, 0.15) is 16.7 Å². The lowest BCUT2D eigenvalue weighted by molar-refractivity contribution is -0.384. The van der Waals surface area contributed by atoms with Crippen LogP contribution in [0.15, 0.2) is 72.3 Å². The van der Waals surface area contributed by atoms with Gasteiger partial charge in [-0.2, -0.15) is 0 Å². The minimum Gasteiger partial charge on any atom is -0.422 e. The Morgan fingerprint density at radius 2 is 1.67 bits per heavy atom. The quantitative estimate of drug-likeness (QED) is 0.285. The van der Waals surface area contributed by atoms with Gasteiger partial charge in [-0.05, 0) is 53.6 Å². The molecule has 5 nitrogen and oxygen atoms in total. The van der Waals surface area contributed by atoms with Gasteiger partial charge in [0.05, 0.1) is 10.5 Å². The van der Waals surface area contributed by atoms with Crippen LogP contribution >= 0.6 is 0 Å². The SMILES string of the molecule is Cc1ccc2cc(C3=CC(=Cc4ccc([N+](=O)[O-])cc4)C(=O)O3)ccc2c1. The molecule has 0 amide bonds. The van der Waals surface area contributed by atoms with Crippen molar-refractivity contribution in [3.05, 3.63) is 99.1 Å². The van der Waals surface area contributed by atoms with E-state index in [0.717, 1.165) is 16.3 Å². The number of nitrogens with zero attached hydrogens (tertiary/aromatic N) is 1. The molecule has 0 aliphatic carbocycles. The molecule has 0 saturated carbocycles. The fraction of sp³-hybridized carbons (Fsp3) is 0.0455. The summed E-state index contributed by atoms with van der Waals surface area (Å²) >= 11 is 0. The van der Waals surface area contributed by atoms with E-state index < -0.39 is 10.9 Å². The number of esters is 1. The molecule has 0 unspecified atom stereocenters. The number of cyclic esters (lactones) is 1. The first-order valence-electron chi connectivity index (χ1n) is 8.40. The van der Waals surface area contributed by atoms with Crippen molar-refractivity contribution in [2.45, 2.75) is 6.92 Å². The van der Waals surface area contributed by atoms with Crippen LogP contribution in [0.25, 0.3) is 22.6 Å². The fourth-order valence-corrected chi connectivity index (χ4v) is 3.02. The number of carbonyl (C=O) groups is 1. The van der Waals surface area contributed by atoms with E-state index in [-0.39, 0.29) is 5.69 Å². The molecule has 27 heavy (non-hydrogen) atoms. The van der Waals surface area contributed by atoms with Gasteiger partial charge < -0.3 is 4.74 Å². The van der Waals surface area contributed by atoms with Crippen molar-refractivity contribution in [2.24, 2.45) is 0 Å². The average molecular weight is 357 g/mol. The number of non-ortho nitro benzene ring substituents is 1. The standard InChI is InChI=1S/C22H15NO4/c1-14-2-5-17-12-18(7-6-16(17)10-14)21-13-19(22(24)27-21)11-15-3-8-20(9-4-15)23(25)26/h2-13H,1H3. The number of ether oxygens (including phenoxy) is 1. The Hall–Kier alpha value is -3.73. The third kappa shape index (κ3) is 3.35. The molecule has 3 aromatic rings. The number of fused-ring (bicyclic) bond motifs is 1.